The molecule has 0 radical (unpaired) electrons. The molecule has 1 amide bonds. The van der Waals surface area contributed by atoms with Gasteiger partial charge < -0.3 is 15.8 Å². The lowest BCUT2D eigenvalue weighted by molar-refractivity contribution is -0.116. The van der Waals surface area contributed by atoms with Crippen molar-refractivity contribution in [1.29, 1.82) is 0 Å². The Morgan fingerprint density at radius 3 is 2.50 bits per heavy atom. The first-order valence-corrected chi connectivity index (χ1v) is 9.23. The molecule has 3 rings (SSSR count). The smallest absolute Gasteiger partial charge is 0.224 e. The van der Waals surface area contributed by atoms with E-state index < -0.39 is 0 Å². The van der Waals surface area contributed by atoms with E-state index in [0.29, 0.717) is 12.8 Å². The fourth-order valence-electron chi connectivity index (χ4n) is 3.10. The molecule has 0 bridgehead atoms. The molecular formula is C21H27N3O2. The average Bonchev–Trinajstić information content (AvgIpc) is 2.68. The van der Waals surface area contributed by atoms with E-state index in [1.165, 1.54) is 5.56 Å². The van der Waals surface area contributed by atoms with E-state index in [9.17, 15) is 4.79 Å². The van der Waals surface area contributed by atoms with Crippen LogP contribution in [0.15, 0.2) is 48.5 Å². The van der Waals surface area contributed by atoms with Crippen LogP contribution in [0, 0.1) is 0 Å². The Labute approximate surface area is 155 Å². The number of hydrogen-bond acceptors (Lipinski definition) is 4. The number of para-hydroxylation sites is 1. The topological polar surface area (TPSA) is 67.6 Å². The molecule has 1 fully saturated rings. The van der Waals surface area contributed by atoms with Gasteiger partial charge in [0.2, 0.25) is 5.91 Å². The van der Waals surface area contributed by atoms with Crippen molar-refractivity contribution in [3.63, 3.8) is 0 Å². The van der Waals surface area contributed by atoms with Crippen LogP contribution in [0.1, 0.15) is 17.5 Å². The van der Waals surface area contributed by atoms with E-state index in [1.54, 1.807) is 0 Å². The quantitative estimate of drug-likeness (QED) is 0.751. The zero-order valence-corrected chi connectivity index (χ0v) is 15.1. The summed E-state index contributed by atoms with van der Waals surface area (Å²) in [6, 6.07) is 15.8. The second kappa shape index (κ2) is 9.36. The summed E-state index contributed by atoms with van der Waals surface area (Å²) in [7, 11) is 0. The number of carbonyl (C=O) groups is 1. The van der Waals surface area contributed by atoms with Crippen LogP contribution in [0.25, 0.3) is 0 Å². The zero-order chi connectivity index (χ0) is 18.2. The normalized spacial score (nSPS) is 14.9. The number of nitrogens with two attached hydrogens (primary N) is 1. The van der Waals surface area contributed by atoms with Gasteiger partial charge in [0.25, 0.3) is 0 Å². The third-order valence-corrected chi connectivity index (χ3v) is 4.73. The first kappa shape index (κ1) is 18.4. The lowest BCUT2D eigenvalue weighted by Gasteiger charge is -2.26. The molecule has 1 aliphatic rings. The van der Waals surface area contributed by atoms with Crippen LogP contribution in [0.2, 0.25) is 0 Å². The zero-order valence-electron chi connectivity index (χ0n) is 15.1. The number of amides is 1. The van der Waals surface area contributed by atoms with Crippen LogP contribution >= 0.6 is 0 Å². The molecule has 0 atom stereocenters. The fourth-order valence-corrected chi connectivity index (χ4v) is 3.10. The van der Waals surface area contributed by atoms with Crippen molar-refractivity contribution in [1.82, 2.24) is 4.90 Å². The Morgan fingerprint density at radius 2 is 1.77 bits per heavy atom. The maximum atomic E-state index is 12.1. The molecule has 0 saturated carbocycles. The highest BCUT2D eigenvalue weighted by Gasteiger charge is 2.10. The van der Waals surface area contributed by atoms with Crippen molar-refractivity contribution in [3.8, 4) is 0 Å². The number of nitrogen functional groups attached to an aromatic ring is 1. The highest BCUT2D eigenvalue weighted by molar-refractivity contribution is 5.90. The molecule has 0 unspecified atom stereocenters. The van der Waals surface area contributed by atoms with Gasteiger partial charge in [-0.3, -0.25) is 9.69 Å². The summed E-state index contributed by atoms with van der Waals surface area (Å²) < 4.78 is 5.37. The third-order valence-electron chi connectivity index (χ3n) is 4.73. The van der Waals surface area contributed by atoms with Crippen molar-refractivity contribution >= 4 is 17.3 Å². The second-order valence-electron chi connectivity index (χ2n) is 6.65. The molecule has 1 saturated heterocycles. The molecule has 5 nitrogen and oxygen atoms in total. The first-order valence-electron chi connectivity index (χ1n) is 9.23. The monoisotopic (exact) mass is 353 g/mol. The number of aryl methyl sites for hydroxylation is 1. The number of hydrogen-bond donors (Lipinski definition) is 2. The summed E-state index contributed by atoms with van der Waals surface area (Å²) in [6.07, 6.45) is 2.09. The lowest BCUT2D eigenvalue weighted by atomic mass is 10.1. The Kier molecular flexibility index (Phi) is 6.63. The van der Waals surface area contributed by atoms with Crippen LogP contribution < -0.4 is 11.1 Å². The summed E-state index contributed by atoms with van der Waals surface area (Å²) in [4.78, 5) is 14.6. The SMILES string of the molecule is Nc1ccccc1CCC(=O)Nc1ccc(CCN2CCOCC2)cc1. The van der Waals surface area contributed by atoms with Gasteiger partial charge in [-0.2, -0.15) is 0 Å². The van der Waals surface area contributed by atoms with E-state index in [2.05, 4.69) is 22.3 Å². The van der Waals surface area contributed by atoms with Gasteiger partial charge in [0, 0.05) is 37.4 Å². The van der Waals surface area contributed by atoms with Crippen LogP contribution in [-0.4, -0.2) is 43.7 Å². The Balaban J connectivity index is 1.43. The van der Waals surface area contributed by atoms with E-state index in [-0.39, 0.29) is 5.91 Å². The average molecular weight is 353 g/mol. The maximum absolute atomic E-state index is 12.1. The second-order valence-corrected chi connectivity index (χ2v) is 6.65. The van der Waals surface area contributed by atoms with Crippen molar-refractivity contribution in [3.05, 3.63) is 59.7 Å². The highest BCUT2D eigenvalue weighted by atomic mass is 16.5. The Hall–Kier alpha value is -2.37. The van der Waals surface area contributed by atoms with Crippen molar-refractivity contribution in [2.24, 2.45) is 0 Å². The van der Waals surface area contributed by atoms with Gasteiger partial charge in [-0.15, -0.1) is 0 Å². The van der Waals surface area contributed by atoms with Gasteiger partial charge in [0.15, 0.2) is 0 Å². The van der Waals surface area contributed by atoms with E-state index in [1.807, 2.05) is 36.4 Å². The number of benzene rings is 2. The molecule has 0 aromatic heterocycles. The first-order chi connectivity index (χ1) is 12.7. The molecule has 138 valence electrons. The number of ether oxygens (including phenoxy) is 1. The van der Waals surface area contributed by atoms with Gasteiger partial charge in [-0.1, -0.05) is 30.3 Å². The van der Waals surface area contributed by atoms with Crippen LogP contribution in [0.4, 0.5) is 11.4 Å². The van der Waals surface area contributed by atoms with Gasteiger partial charge in [-0.25, -0.2) is 0 Å². The van der Waals surface area contributed by atoms with E-state index >= 15 is 0 Å². The summed E-state index contributed by atoms with van der Waals surface area (Å²) in [5.41, 5.74) is 9.79. The molecule has 26 heavy (non-hydrogen) atoms. The fraction of sp³-hybridized carbons (Fsp3) is 0.381. The summed E-state index contributed by atoms with van der Waals surface area (Å²) in [5, 5.41) is 2.96. The lowest BCUT2D eigenvalue weighted by Crippen LogP contribution is -2.37. The summed E-state index contributed by atoms with van der Waals surface area (Å²) in [6.45, 7) is 4.74. The number of rotatable bonds is 7. The van der Waals surface area contributed by atoms with Gasteiger partial charge >= 0.3 is 0 Å². The molecule has 1 heterocycles. The Bertz CT molecular complexity index is 709. The predicted octanol–water partition coefficient (Wildman–Crippen LogP) is 2.71. The molecule has 0 aliphatic carbocycles. The van der Waals surface area contributed by atoms with E-state index in [0.717, 1.165) is 56.2 Å². The van der Waals surface area contributed by atoms with Crippen molar-refractivity contribution in [2.75, 3.05) is 43.9 Å². The minimum Gasteiger partial charge on any atom is -0.399 e. The highest BCUT2D eigenvalue weighted by Crippen LogP contribution is 2.15. The number of nitrogens with one attached hydrogen (secondary N) is 1. The molecule has 2 aromatic carbocycles. The minimum atomic E-state index is 0.00863. The number of nitrogens with zero attached hydrogens (tertiary/aromatic N) is 1. The van der Waals surface area contributed by atoms with E-state index in [4.69, 9.17) is 10.5 Å². The summed E-state index contributed by atoms with van der Waals surface area (Å²) in [5.74, 6) is 0.00863. The number of carbonyl (C=O) groups excluding carboxylic acids is 1. The number of morpholine rings is 1. The molecule has 0 spiro atoms. The van der Waals surface area contributed by atoms with Gasteiger partial charge in [0.1, 0.15) is 0 Å². The third kappa shape index (κ3) is 5.58. The molecule has 5 heteroatoms. The predicted molar refractivity (Wildman–Crippen MR) is 105 cm³/mol. The Morgan fingerprint density at radius 1 is 1.04 bits per heavy atom. The van der Waals surface area contributed by atoms with Crippen molar-refractivity contribution < 1.29 is 9.53 Å². The maximum Gasteiger partial charge on any atom is 0.224 e. The summed E-state index contributed by atoms with van der Waals surface area (Å²) >= 11 is 0. The standard InChI is InChI=1S/C21H27N3O2/c22-20-4-2-1-3-18(20)7-10-21(25)23-19-8-5-17(6-9-19)11-12-24-13-15-26-16-14-24/h1-6,8-9H,7,10-16,22H2,(H,23,25). The molecule has 1 aliphatic heterocycles. The van der Waals surface area contributed by atoms with Crippen molar-refractivity contribution in [2.45, 2.75) is 19.3 Å². The van der Waals surface area contributed by atoms with Crippen LogP contribution in [0.5, 0.6) is 0 Å². The largest absolute Gasteiger partial charge is 0.399 e. The van der Waals surface area contributed by atoms with Gasteiger partial charge in [-0.05, 0) is 42.2 Å². The molecular weight excluding hydrogens is 326 g/mol. The van der Waals surface area contributed by atoms with Gasteiger partial charge in [0.05, 0.1) is 13.2 Å². The molecule has 2 aromatic rings. The number of anilines is 2. The van der Waals surface area contributed by atoms with Crippen LogP contribution in [0.3, 0.4) is 0 Å². The minimum absolute atomic E-state index is 0.00863. The van der Waals surface area contributed by atoms with Crippen LogP contribution in [-0.2, 0) is 22.4 Å². The molecule has 3 N–H and O–H groups in total.